The molecule has 2 amide bonds. The number of alkyl carbamates (subject to hydrolysis) is 1. The fourth-order valence-electron chi connectivity index (χ4n) is 8.44. The molecule has 8 atom stereocenters. The number of aromatic nitrogens is 1. The maximum Gasteiger partial charge on any atom is 0.417 e. The number of nitrogens with one attached hydrogen (secondary N) is 1. The number of halogens is 5. The fourth-order valence-corrected chi connectivity index (χ4v) is 8.44. The average Bonchev–Trinajstić information content (AvgIpc) is 3.58. The molecular weight excluding hydrogens is 665 g/mol. The Kier molecular flexibility index (Phi) is 9.24. The molecule has 3 fully saturated rings. The molecule has 1 aromatic carbocycles. The van der Waals surface area contributed by atoms with Gasteiger partial charge in [0.1, 0.15) is 24.0 Å². The molecule has 50 heavy (non-hydrogen) atoms. The number of Topliss-reactive ketones (excluding diaryl/α,β-unsaturated/α-hetero) is 1. The van der Waals surface area contributed by atoms with E-state index in [0.717, 1.165) is 12.5 Å². The number of hydrogen-bond acceptors (Lipinski definition) is 7. The molecule has 1 aromatic heterocycles. The predicted octanol–water partition coefficient (Wildman–Crippen LogP) is 7.28. The molecule has 1 N–H and O–H groups in total. The Bertz CT molecular complexity index is 1680. The standard InChI is InChI=1S/C36H44F5N3O6/c1-17-26-16-44(29(17)18(2)45)32(46)30(34(3,4)5)43-33(47)50-25-14-19-13-23(19)21(25)9-7-8-12-35(37,38)28-27(36(39,40)41)22-11-10-20(48-6)15-24(22)42-31(28)49-26/h10-11,15,17,19,21,23,25-26,29-30H,7-9,12-14,16H2,1-6H3,(H,43,47). The Morgan fingerprint density at radius 2 is 1.78 bits per heavy atom. The van der Waals surface area contributed by atoms with Crippen molar-refractivity contribution in [3.8, 4) is 11.6 Å². The van der Waals surface area contributed by atoms with E-state index in [1.807, 2.05) is 0 Å². The summed E-state index contributed by atoms with van der Waals surface area (Å²) in [5, 5.41) is 2.21. The van der Waals surface area contributed by atoms with E-state index in [4.69, 9.17) is 14.2 Å². The summed E-state index contributed by atoms with van der Waals surface area (Å²) in [6.07, 6.45) is -6.39. The smallest absolute Gasteiger partial charge is 0.417 e. The number of nitrogens with zero attached hydrogens (tertiary/aromatic N) is 2. The summed E-state index contributed by atoms with van der Waals surface area (Å²) in [5.74, 6) is -6.14. The minimum absolute atomic E-state index is 0.0914. The molecule has 274 valence electrons. The van der Waals surface area contributed by atoms with Crippen molar-refractivity contribution in [2.45, 2.75) is 110 Å². The number of alkyl halides is 5. The first kappa shape index (κ1) is 36.1. The highest BCUT2D eigenvalue weighted by Crippen LogP contribution is 2.58. The lowest BCUT2D eigenvalue weighted by Crippen LogP contribution is -2.57. The molecule has 2 aromatic rings. The van der Waals surface area contributed by atoms with Crippen LogP contribution in [0.4, 0.5) is 26.7 Å². The van der Waals surface area contributed by atoms with Crippen molar-refractivity contribution in [2.24, 2.45) is 29.1 Å². The number of carbonyl (C=O) groups excluding carboxylic acids is 3. The first-order valence-electron chi connectivity index (χ1n) is 17.2. The van der Waals surface area contributed by atoms with Crippen LogP contribution in [0, 0.1) is 29.1 Å². The maximum atomic E-state index is 16.4. The number of methoxy groups -OCH3 is 1. The molecule has 2 aliphatic heterocycles. The molecule has 3 heterocycles. The third-order valence-corrected chi connectivity index (χ3v) is 11.0. The van der Waals surface area contributed by atoms with Crippen molar-refractivity contribution in [3.63, 3.8) is 0 Å². The van der Waals surface area contributed by atoms with Gasteiger partial charge in [-0.3, -0.25) is 9.59 Å². The molecule has 9 nitrogen and oxygen atoms in total. The first-order valence-corrected chi connectivity index (χ1v) is 17.2. The monoisotopic (exact) mass is 709 g/mol. The van der Waals surface area contributed by atoms with Gasteiger partial charge >= 0.3 is 12.3 Å². The van der Waals surface area contributed by atoms with Gasteiger partial charge in [0.15, 0.2) is 5.78 Å². The second-order valence-electron chi connectivity index (χ2n) is 15.5. The Labute approximate surface area is 287 Å². The Hall–Kier alpha value is -3.71. The molecule has 8 unspecified atom stereocenters. The van der Waals surface area contributed by atoms with Crippen molar-refractivity contribution < 1.29 is 50.5 Å². The van der Waals surface area contributed by atoms with Crippen LogP contribution in [0.15, 0.2) is 18.2 Å². The molecule has 14 heteroatoms. The van der Waals surface area contributed by atoms with Crippen LogP contribution in [0.5, 0.6) is 11.6 Å². The minimum atomic E-state index is -5.22. The number of rotatable bonds is 2. The highest BCUT2D eigenvalue weighted by molar-refractivity contribution is 5.93. The molecule has 1 saturated heterocycles. The highest BCUT2D eigenvalue weighted by atomic mass is 19.4. The molecular formula is C36H44F5N3O6. The van der Waals surface area contributed by atoms with E-state index in [1.165, 1.54) is 31.1 Å². The van der Waals surface area contributed by atoms with Gasteiger partial charge in [0.25, 0.3) is 5.92 Å². The van der Waals surface area contributed by atoms with Crippen LogP contribution in [-0.2, 0) is 26.4 Å². The number of hydrogen-bond donors (Lipinski definition) is 1. The lowest BCUT2D eigenvalue weighted by atomic mass is 9.85. The summed E-state index contributed by atoms with van der Waals surface area (Å²) in [4.78, 5) is 46.1. The first-order chi connectivity index (χ1) is 23.3. The molecule has 2 bridgehead atoms. The van der Waals surface area contributed by atoms with Crippen molar-refractivity contribution in [1.82, 2.24) is 15.2 Å². The zero-order valence-corrected chi connectivity index (χ0v) is 29.0. The summed E-state index contributed by atoms with van der Waals surface area (Å²) in [6, 6.07) is 1.26. The Morgan fingerprint density at radius 3 is 2.42 bits per heavy atom. The van der Waals surface area contributed by atoms with Gasteiger partial charge in [0.05, 0.1) is 36.3 Å². The third-order valence-electron chi connectivity index (χ3n) is 11.0. The average molecular weight is 710 g/mol. The van der Waals surface area contributed by atoms with E-state index in [-0.39, 0.29) is 42.5 Å². The van der Waals surface area contributed by atoms with E-state index >= 15 is 8.78 Å². The Morgan fingerprint density at radius 1 is 1.06 bits per heavy atom. The van der Waals surface area contributed by atoms with Crippen LogP contribution in [0.2, 0.25) is 0 Å². The van der Waals surface area contributed by atoms with Crippen LogP contribution >= 0.6 is 0 Å². The maximum absolute atomic E-state index is 16.4. The number of benzene rings is 1. The van der Waals surface area contributed by atoms with Gasteiger partial charge < -0.3 is 24.4 Å². The van der Waals surface area contributed by atoms with Crippen molar-refractivity contribution in [1.29, 1.82) is 0 Å². The van der Waals surface area contributed by atoms with Crippen LogP contribution in [0.1, 0.15) is 84.3 Å². The van der Waals surface area contributed by atoms with Gasteiger partial charge in [-0.2, -0.15) is 13.2 Å². The summed E-state index contributed by atoms with van der Waals surface area (Å²) in [7, 11) is 1.31. The molecule has 0 spiro atoms. The minimum Gasteiger partial charge on any atom is -0.497 e. The largest absolute Gasteiger partial charge is 0.497 e. The second-order valence-corrected chi connectivity index (χ2v) is 15.5. The van der Waals surface area contributed by atoms with Gasteiger partial charge in [0.2, 0.25) is 11.8 Å². The highest BCUT2D eigenvalue weighted by Gasteiger charge is 2.55. The van der Waals surface area contributed by atoms with Crippen LogP contribution in [0.25, 0.3) is 10.9 Å². The normalized spacial score (nSPS) is 31.7. The quantitative estimate of drug-likeness (QED) is 0.327. The second kappa shape index (κ2) is 12.8. The lowest BCUT2D eigenvalue weighted by molar-refractivity contribution is -0.141. The third kappa shape index (κ3) is 6.70. The van der Waals surface area contributed by atoms with Crippen LogP contribution in [-0.4, -0.2) is 65.6 Å². The Balaban J connectivity index is 1.49. The number of carbonyl (C=O) groups is 3. The number of amides is 2. The number of fused-ring (bicyclic) bond motifs is 7. The zero-order valence-electron chi connectivity index (χ0n) is 29.0. The zero-order chi connectivity index (χ0) is 36.5. The van der Waals surface area contributed by atoms with E-state index in [9.17, 15) is 27.6 Å². The molecule has 4 aliphatic rings. The van der Waals surface area contributed by atoms with Crippen LogP contribution < -0.4 is 14.8 Å². The lowest BCUT2D eigenvalue weighted by Gasteiger charge is -2.35. The molecule has 2 saturated carbocycles. The molecule has 2 aliphatic carbocycles. The van der Waals surface area contributed by atoms with Gasteiger partial charge in [-0.1, -0.05) is 34.1 Å². The summed E-state index contributed by atoms with van der Waals surface area (Å²) < 4.78 is 94.9. The van der Waals surface area contributed by atoms with Crippen LogP contribution in [0.3, 0.4) is 0 Å². The summed E-state index contributed by atoms with van der Waals surface area (Å²) >= 11 is 0. The van der Waals surface area contributed by atoms with E-state index < -0.39 is 94.3 Å². The van der Waals surface area contributed by atoms with Crippen molar-refractivity contribution in [3.05, 3.63) is 29.3 Å². The van der Waals surface area contributed by atoms with Gasteiger partial charge in [-0.15, -0.1) is 0 Å². The predicted molar refractivity (Wildman–Crippen MR) is 172 cm³/mol. The van der Waals surface area contributed by atoms with Gasteiger partial charge in [0, 0.05) is 23.8 Å². The van der Waals surface area contributed by atoms with E-state index in [0.29, 0.717) is 18.8 Å². The van der Waals surface area contributed by atoms with E-state index in [1.54, 1.807) is 27.7 Å². The molecule has 0 radical (unpaired) electrons. The van der Waals surface area contributed by atoms with Gasteiger partial charge in [-0.05, 0) is 67.9 Å². The summed E-state index contributed by atoms with van der Waals surface area (Å²) in [5.41, 5.74) is -4.05. The number of pyridine rings is 1. The number of ether oxygens (including phenoxy) is 3. The van der Waals surface area contributed by atoms with E-state index in [2.05, 4.69) is 10.3 Å². The molecule has 6 rings (SSSR count). The summed E-state index contributed by atoms with van der Waals surface area (Å²) in [6.45, 7) is 7.73. The van der Waals surface area contributed by atoms with Crippen molar-refractivity contribution in [2.75, 3.05) is 13.7 Å². The van der Waals surface area contributed by atoms with Crippen molar-refractivity contribution >= 4 is 28.7 Å². The fraction of sp³-hybridized carbons (Fsp3) is 0.667. The number of ketones is 1. The topological polar surface area (TPSA) is 107 Å². The van der Waals surface area contributed by atoms with Gasteiger partial charge in [-0.25, -0.2) is 18.6 Å². The SMILES string of the molecule is COc1ccc2c(C(F)(F)F)c3c(nc2c1)OC1CN(C(=O)C(C(C)(C)C)NC(=O)OC2CC4CC4C2CCCCC3(F)F)C(C(C)=O)C1C.